The van der Waals surface area contributed by atoms with E-state index in [1.54, 1.807) is 49.3 Å². The highest BCUT2D eigenvalue weighted by Gasteiger charge is 2.30. The van der Waals surface area contributed by atoms with Crippen molar-refractivity contribution < 1.29 is 17.9 Å². The standard InChI is InChI=1S/C18H24N4O4S/c1-3-26-16-7-6-15(20-18(23)14(2)21-11-8-19-13-21)12-17(16)27(24,25)22-9-4-5-10-22/h6-8,11-14H,3-5,9-10H2,1-2H3,(H,20,23)/t14-/m0/s1. The second-order valence-corrected chi connectivity index (χ2v) is 8.29. The fourth-order valence-electron chi connectivity index (χ4n) is 3.01. The van der Waals surface area contributed by atoms with E-state index in [4.69, 9.17) is 4.74 Å². The van der Waals surface area contributed by atoms with Crippen LogP contribution in [0, 0.1) is 0 Å². The van der Waals surface area contributed by atoms with Crippen LogP contribution >= 0.6 is 0 Å². The smallest absolute Gasteiger partial charge is 0.247 e. The third-order valence-electron chi connectivity index (χ3n) is 4.55. The molecule has 0 unspecified atom stereocenters. The van der Waals surface area contributed by atoms with E-state index in [9.17, 15) is 13.2 Å². The maximum atomic E-state index is 13.0. The van der Waals surface area contributed by atoms with Crippen LogP contribution in [0.4, 0.5) is 5.69 Å². The summed E-state index contributed by atoms with van der Waals surface area (Å²) >= 11 is 0. The number of carbonyl (C=O) groups excluding carboxylic acids is 1. The fraction of sp³-hybridized carbons (Fsp3) is 0.444. The predicted molar refractivity (Wildman–Crippen MR) is 101 cm³/mol. The summed E-state index contributed by atoms with van der Waals surface area (Å²) in [6.45, 7) is 4.90. The minimum absolute atomic E-state index is 0.0827. The van der Waals surface area contributed by atoms with E-state index in [-0.39, 0.29) is 10.8 Å². The molecule has 1 saturated heterocycles. The number of rotatable bonds is 7. The van der Waals surface area contributed by atoms with Gasteiger partial charge in [-0.05, 0) is 44.9 Å². The van der Waals surface area contributed by atoms with E-state index in [2.05, 4.69) is 10.3 Å². The number of ether oxygens (including phenoxy) is 1. The second-order valence-electron chi connectivity index (χ2n) is 6.38. The molecule has 2 aromatic rings. The molecule has 8 nitrogen and oxygen atoms in total. The van der Waals surface area contributed by atoms with Gasteiger partial charge in [-0.25, -0.2) is 13.4 Å². The van der Waals surface area contributed by atoms with Crippen molar-refractivity contribution in [3.63, 3.8) is 0 Å². The molecule has 0 saturated carbocycles. The third kappa shape index (κ3) is 4.14. The van der Waals surface area contributed by atoms with Gasteiger partial charge in [-0.1, -0.05) is 0 Å². The summed E-state index contributed by atoms with van der Waals surface area (Å²) in [4.78, 5) is 16.5. The van der Waals surface area contributed by atoms with Crippen molar-refractivity contribution in [1.82, 2.24) is 13.9 Å². The van der Waals surface area contributed by atoms with E-state index < -0.39 is 16.1 Å². The molecule has 1 aliphatic rings. The molecular formula is C18H24N4O4S. The third-order valence-corrected chi connectivity index (χ3v) is 6.47. The Bertz CT molecular complexity index is 890. The minimum Gasteiger partial charge on any atom is -0.492 e. The maximum absolute atomic E-state index is 13.0. The van der Waals surface area contributed by atoms with Crippen molar-refractivity contribution in [2.75, 3.05) is 25.0 Å². The van der Waals surface area contributed by atoms with Gasteiger partial charge < -0.3 is 14.6 Å². The summed E-state index contributed by atoms with van der Waals surface area (Å²) in [5.41, 5.74) is 0.410. The average Bonchev–Trinajstić information content (AvgIpc) is 3.36. The van der Waals surface area contributed by atoms with Crippen LogP contribution in [0.5, 0.6) is 5.75 Å². The van der Waals surface area contributed by atoms with Gasteiger partial charge in [-0.2, -0.15) is 4.31 Å². The molecule has 1 aliphatic heterocycles. The zero-order chi connectivity index (χ0) is 19.4. The van der Waals surface area contributed by atoms with Crippen LogP contribution in [-0.4, -0.2) is 47.9 Å². The van der Waals surface area contributed by atoms with Crippen molar-refractivity contribution in [1.29, 1.82) is 0 Å². The lowest BCUT2D eigenvalue weighted by molar-refractivity contribution is -0.118. The number of hydrogen-bond acceptors (Lipinski definition) is 5. The Balaban J connectivity index is 1.88. The Morgan fingerprint density at radius 3 is 2.70 bits per heavy atom. The van der Waals surface area contributed by atoms with Gasteiger partial charge in [-0.3, -0.25) is 4.79 Å². The Labute approximate surface area is 159 Å². The Morgan fingerprint density at radius 1 is 1.33 bits per heavy atom. The number of imidazole rings is 1. The highest BCUT2D eigenvalue weighted by Crippen LogP contribution is 2.31. The first kappa shape index (κ1) is 19.4. The van der Waals surface area contributed by atoms with E-state index in [1.807, 2.05) is 0 Å². The van der Waals surface area contributed by atoms with E-state index in [1.165, 1.54) is 10.4 Å². The molecule has 9 heteroatoms. The lowest BCUT2D eigenvalue weighted by Gasteiger charge is -2.19. The SMILES string of the molecule is CCOc1ccc(NC(=O)[C@H](C)n2ccnc2)cc1S(=O)(=O)N1CCCC1. The lowest BCUT2D eigenvalue weighted by Crippen LogP contribution is -2.28. The summed E-state index contributed by atoms with van der Waals surface area (Å²) in [5, 5.41) is 2.78. The van der Waals surface area contributed by atoms with Crippen LogP contribution in [0.25, 0.3) is 0 Å². The van der Waals surface area contributed by atoms with Crippen molar-refractivity contribution in [3.8, 4) is 5.75 Å². The molecule has 27 heavy (non-hydrogen) atoms. The summed E-state index contributed by atoms with van der Waals surface area (Å²) in [7, 11) is -3.67. The van der Waals surface area contributed by atoms with E-state index in [0.717, 1.165) is 12.8 Å². The van der Waals surface area contributed by atoms with Gasteiger partial charge in [0.05, 0.1) is 12.9 Å². The molecule has 0 aliphatic carbocycles. The summed E-state index contributed by atoms with van der Waals surface area (Å²) < 4.78 is 34.7. The molecule has 0 radical (unpaired) electrons. The highest BCUT2D eigenvalue weighted by atomic mass is 32.2. The Hall–Kier alpha value is -2.39. The largest absolute Gasteiger partial charge is 0.492 e. The van der Waals surface area contributed by atoms with Crippen LogP contribution in [0.3, 0.4) is 0 Å². The summed E-state index contributed by atoms with van der Waals surface area (Å²) in [6, 6.07) is 4.23. The molecule has 1 atom stereocenters. The highest BCUT2D eigenvalue weighted by molar-refractivity contribution is 7.89. The quantitative estimate of drug-likeness (QED) is 0.780. The maximum Gasteiger partial charge on any atom is 0.247 e. The van der Waals surface area contributed by atoms with Gasteiger partial charge in [-0.15, -0.1) is 0 Å². The summed E-state index contributed by atoms with van der Waals surface area (Å²) in [6.07, 6.45) is 6.56. The number of hydrogen-bond donors (Lipinski definition) is 1. The first-order valence-electron chi connectivity index (χ1n) is 8.98. The van der Waals surface area contributed by atoms with Crippen LogP contribution in [-0.2, 0) is 14.8 Å². The zero-order valence-electron chi connectivity index (χ0n) is 15.5. The average molecular weight is 392 g/mol. The topological polar surface area (TPSA) is 93.5 Å². The molecular weight excluding hydrogens is 368 g/mol. The van der Waals surface area contributed by atoms with Crippen LogP contribution in [0.15, 0.2) is 41.8 Å². The van der Waals surface area contributed by atoms with Gasteiger partial charge >= 0.3 is 0 Å². The van der Waals surface area contributed by atoms with Gasteiger partial charge in [0, 0.05) is 31.2 Å². The molecule has 146 valence electrons. The molecule has 3 rings (SSSR count). The number of carbonyl (C=O) groups is 1. The van der Waals surface area contributed by atoms with Crippen LogP contribution in [0.2, 0.25) is 0 Å². The molecule has 2 heterocycles. The lowest BCUT2D eigenvalue weighted by atomic mass is 10.2. The number of aromatic nitrogens is 2. The Morgan fingerprint density at radius 2 is 2.07 bits per heavy atom. The molecule has 1 fully saturated rings. The fourth-order valence-corrected chi connectivity index (χ4v) is 4.68. The number of amides is 1. The van der Waals surface area contributed by atoms with Crippen molar-refractivity contribution >= 4 is 21.6 Å². The van der Waals surface area contributed by atoms with Gasteiger partial charge in [0.2, 0.25) is 15.9 Å². The minimum atomic E-state index is -3.67. The first-order valence-corrected chi connectivity index (χ1v) is 10.4. The van der Waals surface area contributed by atoms with E-state index in [0.29, 0.717) is 31.1 Å². The molecule has 1 N–H and O–H groups in total. The normalized spacial score (nSPS) is 16.2. The number of nitrogens with zero attached hydrogens (tertiary/aromatic N) is 3. The van der Waals surface area contributed by atoms with Crippen molar-refractivity contribution in [2.45, 2.75) is 37.6 Å². The molecule has 0 bridgehead atoms. The van der Waals surface area contributed by atoms with Gasteiger partial charge in [0.1, 0.15) is 16.7 Å². The van der Waals surface area contributed by atoms with Crippen molar-refractivity contribution in [3.05, 3.63) is 36.9 Å². The Kier molecular flexibility index (Phi) is 5.81. The van der Waals surface area contributed by atoms with Gasteiger partial charge in [0.25, 0.3) is 0 Å². The zero-order valence-corrected chi connectivity index (χ0v) is 16.3. The predicted octanol–water partition coefficient (Wildman–Crippen LogP) is 2.27. The van der Waals surface area contributed by atoms with Gasteiger partial charge in [0.15, 0.2) is 0 Å². The second kappa shape index (κ2) is 8.10. The monoisotopic (exact) mass is 392 g/mol. The molecule has 1 amide bonds. The van der Waals surface area contributed by atoms with Crippen LogP contribution < -0.4 is 10.1 Å². The number of nitrogens with one attached hydrogen (secondary N) is 1. The molecule has 1 aromatic heterocycles. The molecule has 0 spiro atoms. The number of benzene rings is 1. The first-order chi connectivity index (χ1) is 12.9. The van der Waals surface area contributed by atoms with Crippen LogP contribution in [0.1, 0.15) is 32.7 Å². The van der Waals surface area contributed by atoms with Crippen molar-refractivity contribution in [2.24, 2.45) is 0 Å². The number of anilines is 1. The van der Waals surface area contributed by atoms with E-state index >= 15 is 0 Å². The molecule has 1 aromatic carbocycles. The number of sulfonamides is 1. The summed E-state index contributed by atoms with van der Waals surface area (Å²) in [5.74, 6) is 0.0340.